The minimum atomic E-state index is 0.915. The molecule has 57 heavy (non-hydrogen) atoms. The molecule has 9 aromatic rings. The first-order valence-corrected chi connectivity index (χ1v) is 20.0. The summed E-state index contributed by atoms with van der Waals surface area (Å²) in [5.74, 6) is 0. The molecule has 0 amide bonds. The highest BCUT2D eigenvalue weighted by Gasteiger charge is 2.21. The van der Waals surface area contributed by atoms with Crippen LogP contribution in [-0.4, -0.2) is 4.57 Å². The van der Waals surface area contributed by atoms with Gasteiger partial charge in [0, 0.05) is 38.9 Å². The molecule has 0 radical (unpaired) electrons. The van der Waals surface area contributed by atoms with Crippen LogP contribution in [0, 0.1) is 0 Å². The van der Waals surface area contributed by atoms with Gasteiger partial charge in [0.2, 0.25) is 0 Å². The molecule has 0 atom stereocenters. The summed E-state index contributed by atoms with van der Waals surface area (Å²) >= 11 is 0. The number of anilines is 2. The number of aromatic nitrogens is 1. The quantitative estimate of drug-likeness (QED) is 0.163. The van der Waals surface area contributed by atoms with Crippen molar-refractivity contribution >= 4 is 55.1 Å². The number of hydrogen-bond donors (Lipinski definition) is 0. The molecule has 2 aromatic heterocycles. The first kappa shape index (κ1) is 33.3. The van der Waals surface area contributed by atoms with Crippen LogP contribution in [-0.2, 0) is 0 Å². The van der Waals surface area contributed by atoms with Gasteiger partial charge in [-0.15, -0.1) is 0 Å². The molecule has 0 saturated heterocycles. The van der Waals surface area contributed by atoms with E-state index in [0.717, 1.165) is 81.1 Å². The zero-order chi connectivity index (χ0) is 37.7. The highest BCUT2D eigenvalue weighted by molar-refractivity contribution is 6.24. The summed E-state index contributed by atoms with van der Waals surface area (Å²) in [7, 11) is 0. The van der Waals surface area contributed by atoms with Crippen molar-refractivity contribution in [1.29, 1.82) is 0 Å². The van der Waals surface area contributed by atoms with Crippen LogP contribution in [0.2, 0.25) is 0 Å². The highest BCUT2D eigenvalue weighted by Crippen LogP contribution is 2.43. The molecule has 0 aliphatic heterocycles. The largest absolute Gasteiger partial charge is 0.455 e. The molecule has 272 valence electrons. The molecule has 0 unspecified atom stereocenters. The molecule has 0 bridgehead atoms. The van der Waals surface area contributed by atoms with Crippen molar-refractivity contribution in [3.05, 3.63) is 211 Å². The van der Waals surface area contributed by atoms with Crippen molar-refractivity contribution in [2.75, 3.05) is 4.90 Å². The standard InChI is InChI=1S/C54H40N2O/c1-4-12-37(13-5-1)39-20-27-44(28-21-39)55(45-29-22-40(23-30-45)38-14-6-2-7-15-38)46-31-24-41(25-32-46)42-26-33-49-51(36-42)56(43-16-8-3-9-17-43)50-35-34-48-47-18-10-11-19-52(47)57-54(48)53(49)50/h1,3-6,8-22,24-29,31-36H,2,7,23,30H2. The monoisotopic (exact) mass is 732 g/mol. The van der Waals surface area contributed by atoms with Crippen molar-refractivity contribution in [1.82, 2.24) is 4.57 Å². The van der Waals surface area contributed by atoms with E-state index in [0.29, 0.717) is 0 Å². The van der Waals surface area contributed by atoms with Gasteiger partial charge in [-0.1, -0.05) is 127 Å². The van der Waals surface area contributed by atoms with E-state index >= 15 is 0 Å². The van der Waals surface area contributed by atoms with E-state index in [9.17, 15) is 0 Å². The Balaban J connectivity index is 1.01. The minimum absolute atomic E-state index is 0.915. The summed E-state index contributed by atoms with van der Waals surface area (Å²) < 4.78 is 8.98. The second kappa shape index (κ2) is 13.9. The summed E-state index contributed by atoms with van der Waals surface area (Å²) in [6, 6.07) is 59.1. The molecule has 0 fully saturated rings. The van der Waals surface area contributed by atoms with Gasteiger partial charge in [-0.05, 0) is 126 Å². The van der Waals surface area contributed by atoms with Gasteiger partial charge in [0.1, 0.15) is 11.2 Å². The van der Waals surface area contributed by atoms with Gasteiger partial charge < -0.3 is 13.9 Å². The lowest BCUT2D eigenvalue weighted by Gasteiger charge is -2.30. The summed E-state index contributed by atoms with van der Waals surface area (Å²) in [5.41, 5.74) is 16.5. The van der Waals surface area contributed by atoms with Crippen molar-refractivity contribution in [3.8, 4) is 27.9 Å². The molecule has 0 saturated carbocycles. The molecule has 2 heterocycles. The number of fused-ring (bicyclic) bond motifs is 7. The van der Waals surface area contributed by atoms with Crippen molar-refractivity contribution in [3.63, 3.8) is 0 Å². The molecule has 0 spiro atoms. The van der Waals surface area contributed by atoms with Gasteiger partial charge >= 0.3 is 0 Å². The lowest BCUT2D eigenvalue weighted by atomic mass is 9.91. The molecule has 7 aromatic carbocycles. The zero-order valence-electron chi connectivity index (χ0n) is 31.6. The third-order valence-corrected chi connectivity index (χ3v) is 11.8. The van der Waals surface area contributed by atoms with Gasteiger partial charge in [-0.25, -0.2) is 0 Å². The second-order valence-corrected chi connectivity index (χ2v) is 15.1. The predicted molar refractivity (Wildman–Crippen MR) is 239 cm³/mol. The molecule has 3 nitrogen and oxygen atoms in total. The minimum Gasteiger partial charge on any atom is -0.455 e. The Labute approximate surface area is 332 Å². The Hall–Kier alpha value is -7.10. The van der Waals surface area contributed by atoms with Crippen LogP contribution in [0.5, 0.6) is 0 Å². The number of benzene rings is 7. The van der Waals surface area contributed by atoms with Crippen LogP contribution >= 0.6 is 0 Å². The lowest BCUT2D eigenvalue weighted by molar-refractivity contribution is 0.673. The molecule has 11 rings (SSSR count). The van der Waals surface area contributed by atoms with E-state index < -0.39 is 0 Å². The average molecular weight is 733 g/mol. The van der Waals surface area contributed by atoms with E-state index in [4.69, 9.17) is 4.42 Å². The molecule has 0 N–H and O–H groups in total. The van der Waals surface area contributed by atoms with Gasteiger partial charge in [0.05, 0.1) is 16.4 Å². The SMILES string of the molecule is C1=CC(C2=CC=C(N(c3ccc(-c4ccccc4)cc3)c3ccc(-c4ccc5c6c7oc8ccccc8c7ccc6n(-c6ccccc6)c5c4)cc3)CC2)=CCC1. The first-order valence-electron chi connectivity index (χ1n) is 20.0. The third-order valence-electron chi connectivity index (χ3n) is 11.8. The smallest absolute Gasteiger partial charge is 0.145 e. The number of hydrogen-bond acceptors (Lipinski definition) is 2. The van der Waals surface area contributed by atoms with Crippen molar-refractivity contribution < 1.29 is 4.42 Å². The van der Waals surface area contributed by atoms with E-state index in [1.807, 2.05) is 6.07 Å². The van der Waals surface area contributed by atoms with E-state index in [1.54, 1.807) is 0 Å². The summed E-state index contributed by atoms with van der Waals surface area (Å²) in [4.78, 5) is 2.44. The summed E-state index contributed by atoms with van der Waals surface area (Å²) in [6.45, 7) is 0. The Morgan fingerprint density at radius 2 is 1.18 bits per heavy atom. The van der Waals surface area contributed by atoms with E-state index in [-0.39, 0.29) is 0 Å². The van der Waals surface area contributed by atoms with Gasteiger partial charge in [-0.2, -0.15) is 0 Å². The van der Waals surface area contributed by atoms with E-state index in [1.165, 1.54) is 44.5 Å². The number of furan rings is 1. The van der Waals surface area contributed by atoms with Crippen LogP contribution in [0.3, 0.4) is 0 Å². The average Bonchev–Trinajstić information content (AvgIpc) is 3.84. The van der Waals surface area contributed by atoms with Crippen LogP contribution in [0.15, 0.2) is 215 Å². The van der Waals surface area contributed by atoms with Crippen molar-refractivity contribution in [2.45, 2.75) is 25.7 Å². The highest BCUT2D eigenvalue weighted by atomic mass is 16.3. The van der Waals surface area contributed by atoms with Crippen LogP contribution in [0.25, 0.3) is 71.7 Å². The fourth-order valence-electron chi connectivity index (χ4n) is 8.94. The molecular weight excluding hydrogens is 693 g/mol. The van der Waals surface area contributed by atoms with Gasteiger partial charge in [-0.3, -0.25) is 0 Å². The number of nitrogens with zero attached hydrogens (tertiary/aromatic N) is 2. The Kier molecular flexibility index (Phi) is 8.10. The van der Waals surface area contributed by atoms with Crippen LogP contribution in [0.4, 0.5) is 11.4 Å². The molecule has 2 aliphatic rings. The topological polar surface area (TPSA) is 21.3 Å². The van der Waals surface area contributed by atoms with E-state index in [2.05, 4.69) is 198 Å². The van der Waals surface area contributed by atoms with Crippen molar-refractivity contribution in [2.24, 2.45) is 0 Å². The molecular formula is C54H40N2O. The zero-order valence-corrected chi connectivity index (χ0v) is 31.6. The fraction of sp³-hybridized carbons (Fsp3) is 0.0741. The lowest BCUT2D eigenvalue weighted by Crippen LogP contribution is -2.18. The van der Waals surface area contributed by atoms with Crippen LogP contribution in [0.1, 0.15) is 25.7 Å². The number of para-hydroxylation sites is 2. The molecule has 2 aliphatic carbocycles. The third kappa shape index (κ3) is 5.82. The maximum Gasteiger partial charge on any atom is 0.145 e. The normalized spacial score (nSPS) is 14.3. The molecule has 3 heteroatoms. The first-order chi connectivity index (χ1) is 28.3. The maximum absolute atomic E-state index is 6.59. The Morgan fingerprint density at radius 1 is 0.509 bits per heavy atom. The Bertz CT molecular complexity index is 3080. The second-order valence-electron chi connectivity index (χ2n) is 15.1. The number of allylic oxidation sites excluding steroid dienone is 8. The summed E-state index contributed by atoms with van der Waals surface area (Å²) in [6.07, 6.45) is 15.9. The van der Waals surface area contributed by atoms with Crippen LogP contribution < -0.4 is 4.90 Å². The van der Waals surface area contributed by atoms with Gasteiger partial charge in [0.15, 0.2) is 0 Å². The van der Waals surface area contributed by atoms with Gasteiger partial charge in [0.25, 0.3) is 0 Å². The number of rotatable bonds is 7. The predicted octanol–water partition coefficient (Wildman–Crippen LogP) is 15.0. The maximum atomic E-state index is 6.59. The fourth-order valence-corrected chi connectivity index (χ4v) is 8.94. The summed E-state index contributed by atoms with van der Waals surface area (Å²) in [5, 5.41) is 4.62. The Morgan fingerprint density at radius 3 is 1.89 bits per heavy atom.